The highest BCUT2D eigenvalue weighted by molar-refractivity contribution is 9.10. The molecule has 2 aromatic rings. The standard InChI is InChI=1S/C14H14BrN3O2/c1-9-4-3-5-10(2)13(9)17-14(19)18-16-8-11-6-7-12(15)20-11/h3-8H,1-2H3,(H2,17,18,19)/b16-8+. The van der Waals surface area contributed by atoms with Crippen molar-refractivity contribution in [1.29, 1.82) is 0 Å². The van der Waals surface area contributed by atoms with Gasteiger partial charge in [-0.05, 0) is 53.0 Å². The highest BCUT2D eigenvalue weighted by Gasteiger charge is 2.05. The number of nitrogens with one attached hydrogen (secondary N) is 2. The molecule has 0 unspecified atom stereocenters. The number of carbonyl (C=O) groups is 1. The van der Waals surface area contributed by atoms with E-state index in [1.165, 1.54) is 6.21 Å². The lowest BCUT2D eigenvalue weighted by Crippen LogP contribution is -2.25. The Morgan fingerprint density at radius 1 is 1.25 bits per heavy atom. The Morgan fingerprint density at radius 2 is 1.95 bits per heavy atom. The summed E-state index contributed by atoms with van der Waals surface area (Å²) in [5, 5.41) is 6.58. The predicted octanol–water partition coefficient (Wildman–Crippen LogP) is 3.81. The number of benzene rings is 1. The lowest BCUT2D eigenvalue weighted by atomic mass is 10.1. The molecular weight excluding hydrogens is 322 g/mol. The summed E-state index contributed by atoms with van der Waals surface area (Å²) in [5.41, 5.74) is 5.18. The minimum Gasteiger partial charge on any atom is -0.448 e. The maximum atomic E-state index is 11.7. The molecule has 6 heteroatoms. The third-order valence-corrected chi connectivity index (χ3v) is 3.10. The predicted molar refractivity (Wildman–Crippen MR) is 82.1 cm³/mol. The van der Waals surface area contributed by atoms with Crippen molar-refractivity contribution >= 4 is 33.9 Å². The van der Waals surface area contributed by atoms with Gasteiger partial charge in [0, 0.05) is 5.69 Å². The van der Waals surface area contributed by atoms with Gasteiger partial charge in [-0.3, -0.25) is 0 Å². The zero-order valence-electron chi connectivity index (χ0n) is 11.1. The van der Waals surface area contributed by atoms with Crippen LogP contribution in [0.5, 0.6) is 0 Å². The van der Waals surface area contributed by atoms with Gasteiger partial charge in [-0.2, -0.15) is 5.10 Å². The molecule has 2 N–H and O–H groups in total. The second-order valence-electron chi connectivity index (χ2n) is 4.23. The van der Waals surface area contributed by atoms with E-state index in [0.29, 0.717) is 10.4 Å². The van der Waals surface area contributed by atoms with Crippen molar-refractivity contribution in [2.75, 3.05) is 5.32 Å². The molecule has 2 amide bonds. The Balaban J connectivity index is 1.94. The fourth-order valence-corrected chi connectivity index (χ4v) is 2.02. The fraction of sp³-hybridized carbons (Fsp3) is 0.143. The zero-order valence-corrected chi connectivity index (χ0v) is 12.7. The van der Waals surface area contributed by atoms with Crippen LogP contribution in [0.3, 0.4) is 0 Å². The maximum absolute atomic E-state index is 11.7. The van der Waals surface area contributed by atoms with Crippen LogP contribution >= 0.6 is 15.9 Å². The first-order valence-electron chi connectivity index (χ1n) is 5.98. The average molecular weight is 336 g/mol. The number of nitrogens with zero attached hydrogens (tertiary/aromatic N) is 1. The van der Waals surface area contributed by atoms with Gasteiger partial charge < -0.3 is 9.73 Å². The maximum Gasteiger partial charge on any atom is 0.339 e. The number of anilines is 1. The van der Waals surface area contributed by atoms with Crippen molar-refractivity contribution in [3.05, 3.63) is 51.9 Å². The van der Waals surface area contributed by atoms with Gasteiger partial charge in [-0.25, -0.2) is 10.2 Å². The topological polar surface area (TPSA) is 66.6 Å². The Hall–Kier alpha value is -2.08. The van der Waals surface area contributed by atoms with E-state index >= 15 is 0 Å². The monoisotopic (exact) mass is 335 g/mol. The number of aryl methyl sites for hydroxylation is 2. The summed E-state index contributed by atoms with van der Waals surface area (Å²) in [7, 11) is 0. The summed E-state index contributed by atoms with van der Waals surface area (Å²) in [6.07, 6.45) is 1.43. The van der Waals surface area contributed by atoms with Crippen molar-refractivity contribution in [1.82, 2.24) is 5.43 Å². The Labute approximate surface area is 125 Å². The molecule has 0 aliphatic rings. The van der Waals surface area contributed by atoms with Gasteiger partial charge in [0.1, 0.15) is 5.76 Å². The Kier molecular flexibility index (Phi) is 4.57. The van der Waals surface area contributed by atoms with E-state index in [0.717, 1.165) is 16.8 Å². The smallest absolute Gasteiger partial charge is 0.339 e. The third kappa shape index (κ3) is 3.71. The number of halogens is 1. The first-order valence-corrected chi connectivity index (χ1v) is 6.77. The molecule has 0 saturated carbocycles. The van der Waals surface area contributed by atoms with Gasteiger partial charge >= 0.3 is 6.03 Å². The van der Waals surface area contributed by atoms with E-state index in [9.17, 15) is 4.79 Å². The first-order chi connectivity index (χ1) is 9.56. The molecule has 0 radical (unpaired) electrons. The molecule has 0 fully saturated rings. The molecular formula is C14H14BrN3O2. The molecule has 0 aliphatic carbocycles. The summed E-state index contributed by atoms with van der Waals surface area (Å²) in [5.74, 6) is 0.546. The Bertz CT molecular complexity index is 629. The highest BCUT2D eigenvalue weighted by Crippen LogP contribution is 2.19. The van der Waals surface area contributed by atoms with E-state index in [4.69, 9.17) is 4.42 Å². The van der Waals surface area contributed by atoms with Crippen molar-refractivity contribution < 1.29 is 9.21 Å². The minimum atomic E-state index is -0.399. The number of hydrogen-bond donors (Lipinski definition) is 2. The number of rotatable bonds is 3. The molecule has 104 valence electrons. The van der Waals surface area contributed by atoms with Gasteiger partial charge in [0.05, 0.1) is 6.21 Å². The van der Waals surface area contributed by atoms with Crippen LogP contribution in [0.2, 0.25) is 0 Å². The van der Waals surface area contributed by atoms with Crippen LogP contribution in [0.25, 0.3) is 0 Å². The number of hydrazone groups is 1. The van der Waals surface area contributed by atoms with E-state index in [2.05, 4.69) is 31.8 Å². The number of furan rings is 1. The quantitative estimate of drug-likeness (QED) is 0.661. The van der Waals surface area contributed by atoms with Gasteiger partial charge in [0.2, 0.25) is 0 Å². The molecule has 0 atom stereocenters. The zero-order chi connectivity index (χ0) is 14.5. The lowest BCUT2D eigenvalue weighted by molar-refractivity contribution is 0.252. The van der Waals surface area contributed by atoms with Crippen LogP contribution in [0, 0.1) is 13.8 Å². The third-order valence-electron chi connectivity index (χ3n) is 2.67. The molecule has 0 aliphatic heterocycles. The molecule has 1 aromatic carbocycles. The number of hydrogen-bond acceptors (Lipinski definition) is 3. The molecule has 0 saturated heterocycles. The van der Waals surface area contributed by atoms with E-state index < -0.39 is 6.03 Å². The van der Waals surface area contributed by atoms with Crippen LogP contribution in [0.1, 0.15) is 16.9 Å². The van der Waals surface area contributed by atoms with Crippen molar-refractivity contribution in [2.45, 2.75) is 13.8 Å². The van der Waals surface area contributed by atoms with E-state index in [1.807, 2.05) is 32.0 Å². The highest BCUT2D eigenvalue weighted by atomic mass is 79.9. The normalized spacial score (nSPS) is 10.8. The van der Waals surface area contributed by atoms with Crippen LogP contribution in [-0.2, 0) is 0 Å². The number of para-hydroxylation sites is 1. The number of urea groups is 1. The number of amides is 2. The summed E-state index contributed by atoms with van der Waals surface area (Å²) in [6.45, 7) is 3.87. The molecule has 20 heavy (non-hydrogen) atoms. The van der Waals surface area contributed by atoms with Crippen LogP contribution in [-0.4, -0.2) is 12.2 Å². The van der Waals surface area contributed by atoms with Gasteiger partial charge in [-0.1, -0.05) is 18.2 Å². The molecule has 0 bridgehead atoms. The second kappa shape index (κ2) is 6.38. The lowest BCUT2D eigenvalue weighted by Gasteiger charge is -2.10. The summed E-state index contributed by atoms with van der Waals surface area (Å²) >= 11 is 3.19. The largest absolute Gasteiger partial charge is 0.448 e. The summed E-state index contributed by atoms with van der Waals surface area (Å²) < 4.78 is 5.83. The van der Waals surface area contributed by atoms with Gasteiger partial charge in [-0.15, -0.1) is 0 Å². The minimum absolute atomic E-state index is 0.399. The van der Waals surface area contributed by atoms with Gasteiger partial charge in [0.25, 0.3) is 0 Å². The van der Waals surface area contributed by atoms with E-state index in [-0.39, 0.29) is 0 Å². The van der Waals surface area contributed by atoms with Crippen molar-refractivity contribution in [3.63, 3.8) is 0 Å². The first kappa shape index (κ1) is 14.3. The van der Waals surface area contributed by atoms with E-state index in [1.54, 1.807) is 12.1 Å². The van der Waals surface area contributed by atoms with Gasteiger partial charge in [0.15, 0.2) is 4.67 Å². The summed E-state index contributed by atoms with van der Waals surface area (Å²) in [6, 6.07) is 8.90. The molecule has 0 spiro atoms. The summed E-state index contributed by atoms with van der Waals surface area (Å²) in [4.78, 5) is 11.7. The van der Waals surface area contributed by atoms with Crippen molar-refractivity contribution in [2.24, 2.45) is 5.10 Å². The average Bonchev–Trinajstić information content (AvgIpc) is 2.80. The molecule has 5 nitrogen and oxygen atoms in total. The van der Waals surface area contributed by atoms with Crippen molar-refractivity contribution in [3.8, 4) is 0 Å². The fourth-order valence-electron chi connectivity index (χ4n) is 1.71. The van der Waals surface area contributed by atoms with Crippen LogP contribution in [0.4, 0.5) is 10.5 Å². The van der Waals surface area contributed by atoms with Crippen LogP contribution < -0.4 is 10.7 Å². The second-order valence-corrected chi connectivity index (χ2v) is 5.01. The molecule has 1 heterocycles. The number of carbonyl (C=O) groups excluding carboxylic acids is 1. The van der Waals surface area contributed by atoms with Crippen LogP contribution in [0.15, 0.2) is 44.5 Å². The SMILES string of the molecule is Cc1cccc(C)c1NC(=O)N/N=C/c1ccc(Br)o1. The molecule has 2 rings (SSSR count). The Morgan fingerprint density at radius 3 is 2.55 bits per heavy atom. The molecule has 1 aromatic heterocycles.